The van der Waals surface area contributed by atoms with E-state index in [0.29, 0.717) is 0 Å². The summed E-state index contributed by atoms with van der Waals surface area (Å²) in [5, 5.41) is 0. The number of carbonyl (C=O) groups excluding carboxylic acids is 1. The van der Waals surface area contributed by atoms with Crippen molar-refractivity contribution >= 4 is 14.1 Å². The third-order valence-corrected chi connectivity index (χ3v) is 9.00. The molecule has 0 aromatic heterocycles. The van der Waals surface area contributed by atoms with Crippen molar-refractivity contribution in [3.05, 3.63) is 0 Å². The molecule has 20 heavy (non-hydrogen) atoms. The predicted octanol–water partition coefficient (Wildman–Crippen LogP) is 2.81. The standard InChI is InChI=1S/C16H36P.CO.BrH/c1-5-9-13-17(14-10-6-2,15-11-7-3)16-12-8-4;1-2;/h5-16H2,1-4H3;;1H/q+1;;/p-1. The van der Waals surface area contributed by atoms with Gasteiger partial charge in [0.1, 0.15) is 0 Å². The molecular formula is C17H36BrOP. The lowest BCUT2D eigenvalue weighted by Gasteiger charge is -2.28. The molecule has 0 aliphatic carbocycles. The molecule has 0 heterocycles. The summed E-state index contributed by atoms with van der Waals surface area (Å²) in [4.78, 5) is 7.50. The largest absolute Gasteiger partial charge is 1.00 e. The molecule has 0 aliphatic rings. The van der Waals surface area contributed by atoms with Gasteiger partial charge in [-0.25, -0.2) is 0 Å². The van der Waals surface area contributed by atoms with Crippen molar-refractivity contribution in [2.24, 2.45) is 0 Å². The molecule has 0 atom stereocenters. The Balaban J connectivity index is -0.000000916. The van der Waals surface area contributed by atoms with Gasteiger partial charge in [0, 0.05) is 7.26 Å². The van der Waals surface area contributed by atoms with E-state index in [-0.39, 0.29) is 17.0 Å². The van der Waals surface area contributed by atoms with Crippen LogP contribution in [0.5, 0.6) is 0 Å². The average molecular weight is 367 g/mol. The summed E-state index contributed by atoms with van der Waals surface area (Å²) in [7, 11) is -0.562. The van der Waals surface area contributed by atoms with E-state index in [9.17, 15) is 0 Å². The fourth-order valence-electron chi connectivity index (χ4n) is 2.64. The highest BCUT2D eigenvalue weighted by Gasteiger charge is 2.34. The molecule has 0 aromatic carbocycles. The second-order valence-corrected chi connectivity index (χ2v) is 10.1. The van der Waals surface area contributed by atoms with Crippen LogP contribution in [0.1, 0.15) is 79.1 Å². The van der Waals surface area contributed by atoms with Crippen LogP contribution in [-0.4, -0.2) is 31.4 Å². The van der Waals surface area contributed by atoms with Crippen LogP contribution in [0.3, 0.4) is 0 Å². The van der Waals surface area contributed by atoms with Crippen LogP contribution in [0.2, 0.25) is 0 Å². The molecular weight excluding hydrogens is 331 g/mol. The Morgan fingerprint density at radius 2 is 0.800 bits per heavy atom. The average Bonchev–Trinajstić information content (AvgIpc) is 2.48. The highest BCUT2D eigenvalue weighted by molar-refractivity contribution is 7.75. The van der Waals surface area contributed by atoms with Crippen molar-refractivity contribution in [3.8, 4) is 0 Å². The van der Waals surface area contributed by atoms with Crippen molar-refractivity contribution in [2.45, 2.75) is 79.1 Å². The maximum absolute atomic E-state index is 7.50. The first kappa shape index (κ1) is 25.5. The van der Waals surface area contributed by atoms with Crippen LogP contribution >= 0.6 is 7.26 Å². The van der Waals surface area contributed by atoms with E-state index >= 15 is 0 Å². The Hall–Kier alpha value is 0.580. The lowest BCUT2D eigenvalue weighted by atomic mass is 10.4. The minimum absolute atomic E-state index is 0. The van der Waals surface area contributed by atoms with Gasteiger partial charge in [-0.15, -0.1) is 0 Å². The zero-order valence-corrected chi connectivity index (χ0v) is 16.7. The number of halogens is 1. The van der Waals surface area contributed by atoms with Crippen molar-refractivity contribution in [2.75, 3.05) is 24.6 Å². The first-order valence-electron chi connectivity index (χ1n) is 8.30. The summed E-state index contributed by atoms with van der Waals surface area (Å²) in [5.41, 5.74) is 0. The summed E-state index contributed by atoms with van der Waals surface area (Å²) in [6.07, 6.45) is 17.9. The van der Waals surface area contributed by atoms with E-state index in [1.165, 1.54) is 51.4 Å². The minimum Gasteiger partial charge on any atom is -1.00 e. The molecule has 0 rings (SSSR count). The van der Waals surface area contributed by atoms with Crippen LogP contribution in [0.25, 0.3) is 0 Å². The van der Waals surface area contributed by atoms with Gasteiger partial charge in [0.25, 0.3) is 6.79 Å². The molecule has 0 amide bonds. The van der Waals surface area contributed by atoms with Gasteiger partial charge in [0.2, 0.25) is 0 Å². The zero-order valence-electron chi connectivity index (χ0n) is 14.2. The van der Waals surface area contributed by atoms with Crippen molar-refractivity contribution in [1.29, 1.82) is 0 Å². The molecule has 3 heteroatoms. The highest BCUT2D eigenvalue weighted by atomic mass is 79.9. The van der Waals surface area contributed by atoms with Gasteiger partial charge in [-0.1, -0.05) is 53.4 Å². The van der Waals surface area contributed by atoms with E-state index in [4.69, 9.17) is 4.79 Å². The van der Waals surface area contributed by atoms with Crippen LogP contribution < -0.4 is 17.0 Å². The Morgan fingerprint density at radius 1 is 0.600 bits per heavy atom. The SMILES string of the molecule is CCCC[P+](CCCC)(CCCC)CCCC.[Br-].[C]=O. The highest BCUT2D eigenvalue weighted by Crippen LogP contribution is 2.61. The van der Waals surface area contributed by atoms with Crippen molar-refractivity contribution < 1.29 is 21.8 Å². The summed E-state index contributed by atoms with van der Waals surface area (Å²) in [5.74, 6) is 0. The van der Waals surface area contributed by atoms with Crippen LogP contribution in [0.15, 0.2) is 0 Å². The van der Waals surface area contributed by atoms with E-state index in [0.717, 1.165) is 0 Å². The third-order valence-electron chi connectivity index (χ3n) is 3.94. The molecule has 0 saturated carbocycles. The van der Waals surface area contributed by atoms with E-state index < -0.39 is 7.26 Å². The normalized spacial score (nSPS) is 10.4. The first-order valence-corrected chi connectivity index (χ1v) is 10.8. The summed E-state index contributed by atoms with van der Waals surface area (Å²) < 4.78 is 0. The van der Waals surface area contributed by atoms with Crippen molar-refractivity contribution in [3.63, 3.8) is 0 Å². The molecule has 0 spiro atoms. The molecule has 2 radical (unpaired) electrons. The monoisotopic (exact) mass is 366 g/mol. The quantitative estimate of drug-likeness (QED) is 0.485. The molecule has 0 aliphatic heterocycles. The molecule has 0 N–H and O–H groups in total. The van der Waals surface area contributed by atoms with Gasteiger partial charge in [-0.05, 0) is 25.7 Å². The molecule has 0 fully saturated rings. The van der Waals surface area contributed by atoms with Crippen LogP contribution in [-0.2, 0) is 4.79 Å². The van der Waals surface area contributed by atoms with Crippen molar-refractivity contribution in [1.82, 2.24) is 0 Å². The second kappa shape index (κ2) is 19.6. The predicted molar refractivity (Wildman–Crippen MR) is 91.7 cm³/mol. The Kier molecular flexibility index (Phi) is 25.0. The van der Waals surface area contributed by atoms with Gasteiger partial charge < -0.3 is 17.0 Å². The molecule has 0 bridgehead atoms. The number of unbranched alkanes of at least 4 members (excludes halogenated alkanes) is 4. The summed E-state index contributed by atoms with van der Waals surface area (Å²) in [6.45, 7) is 13.9. The lowest BCUT2D eigenvalue weighted by Crippen LogP contribution is -3.00. The maximum atomic E-state index is 7.50. The maximum Gasteiger partial charge on any atom is 0.281 e. The Labute approximate surface area is 139 Å². The van der Waals surface area contributed by atoms with E-state index in [1.807, 2.05) is 0 Å². The number of rotatable bonds is 12. The Morgan fingerprint density at radius 3 is 0.950 bits per heavy atom. The van der Waals surface area contributed by atoms with Gasteiger partial charge >= 0.3 is 0 Å². The van der Waals surface area contributed by atoms with E-state index in [1.54, 1.807) is 24.6 Å². The van der Waals surface area contributed by atoms with Gasteiger partial charge in [0.15, 0.2) is 0 Å². The zero-order chi connectivity index (χ0) is 15.0. The van der Waals surface area contributed by atoms with Crippen LogP contribution in [0.4, 0.5) is 0 Å². The molecule has 122 valence electrons. The Bertz CT molecular complexity index is 139. The van der Waals surface area contributed by atoms with Crippen LogP contribution in [0, 0.1) is 0 Å². The summed E-state index contributed by atoms with van der Waals surface area (Å²) in [6, 6.07) is 0. The van der Waals surface area contributed by atoms with Gasteiger partial charge in [-0.3, -0.25) is 4.79 Å². The topological polar surface area (TPSA) is 17.1 Å². The molecule has 0 unspecified atom stereocenters. The molecule has 0 saturated heterocycles. The fourth-order valence-corrected chi connectivity index (χ4v) is 7.93. The molecule has 1 nitrogen and oxygen atoms in total. The first-order chi connectivity index (χ1) is 9.24. The number of hydrogen-bond acceptors (Lipinski definition) is 1. The van der Waals surface area contributed by atoms with Gasteiger partial charge in [0.05, 0.1) is 24.6 Å². The van der Waals surface area contributed by atoms with Gasteiger partial charge in [-0.2, -0.15) is 0 Å². The fraction of sp³-hybridized carbons (Fsp3) is 0.941. The summed E-state index contributed by atoms with van der Waals surface area (Å²) >= 11 is 0. The third kappa shape index (κ3) is 13.6. The second-order valence-electron chi connectivity index (χ2n) is 5.65. The number of hydrogen-bond donors (Lipinski definition) is 0. The lowest BCUT2D eigenvalue weighted by molar-refractivity contribution is -0.00000547. The van der Waals surface area contributed by atoms with E-state index in [2.05, 4.69) is 34.5 Å². The smallest absolute Gasteiger partial charge is 0.281 e. The minimum atomic E-state index is -0.562. The molecule has 0 aromatic rings.